The summed E-state index contributed by atoms with van der Waals surface area (Å²) in [4.78, 5) is 14.7. The van der Waals surface area contributed by atoms with Gasteiger partial charge in [0.25, 0.3) is 5.91 Å². The third-order valence-electron chi connectivity index (χ3n) is 3.12. The van der Waals surface area contributed by atoms with Crippen LogP contribution >= 0.6 is 0 Å². The number of nitrogens with zero attached hydrogens (tertiary/aromatic N) is 1. The summed E-state index contributed by atoms with van der Waals surface area (Å²) in [6.07, 6.45) is 1.68. The van der Waals surface area contributed by atoms with E-state index >= 15 is 0 Å². The van der Waals surface area contributed by atoms with Gasteiger partial charge in [0.15, 0.2) is 0 Å². The van der Waals surface area contributed by atoms with E-state index in [1.165, 1.54) is 0 Å². The minimum Gasteiger partial charge on any atom is -0.494 e. The molecule has 0 unspecified atom stereocenters. The standard InChI is InChI=1S/C17H21N3O3/c1-4-22-13-8-9-16(23-5-2)14(11-13)12(3)19-20-17(21)15-7-6-10-18-15/h6-11,18H,4-5H2,1-3H3,(H,20,21)/b19-12-. The highest BCUT2D eigenvalue weighted by Crippen LogP contribution is 2.25. The van der Waals surface area contributed by atoms with Crippen molar-refractivity contribution in [3.8, 4) is 11.5 Å². The number of amides is 1. The fourth-order valence-corrected chi connectivity index (χ4v) is 2.06. The Hall–Kier alpha value is -2.76. The Morgan fingerprint density at radius 3 is 2.65 bits per heavy atom. The second-order valence-electron chi connectivity index (χ2n) is 4.75. The van der Waals surface area contributed by atoms with Crippen LogP contribution in [0.3, 0.4) is 0 Å². The first-order valence-corrected chi connectivity index (χ1v) is 7.53. The van der Waals surface area contributed by atoms with Gasteiger partial charge in [-0.3, -0.25) is 4.79 Å². The average Bonchev–Trinajstić information content (AvgIpc) is 3.09. The van der Waals surface area contributed by atoms with Crippen molar-refractivity contribution >= 4 is 11.6 Å². The molecule has 1 aromatic carbocycles. The predicted octanol–water partition coefficient (Wildman–Crippen LogP) is 2.97. The molecule has 0 bridgehead atoms. The summed E-state index contributed by atoms with van der Waals surface area (Å²) < 4.78 is 11.1. The van der Waals surface area contributed by atoms with Crippen molar-refractivity contribution in [3.63, 3.8) is 0 Å². The summed E-state index contributed by atoms with van der Waals surface area (Å²) in [5, 5.41) is 4.16. The molecule has 1 heterocycles. The van der Waals surface area contributed by atoms with Gasteiger partial charge in [-0.05, 0) is 51.1 Å². The minimum absolute atomic E-state index is 0.298. The van der Waals surface area contributed by atoms with Gasteiger partial charge >= 0.3 is 0 Å². The molecule has 0 aliphatic heterocycles. The van der Waals surface area contributed by atoms with Crippen molar-refractivity contribution < 1.29 is 14.3 Å². The van der Waals surface area contributed by atoms with Crippen LogP contribution < -0.4 is 14.9 Å². The molecule has 122 valence electrons. The van der Waals surface area contributed by atoms with Gasteiger partial charge in [0.1, 0.15) is 17.2 Å². The van der Waals surface area contributed by atoms with Gasteiger partial charge in [-0.15, -0.1) is 0 Å². The topological polar surface area (TPSA) is 75.7 Å². The van der Waals surface area contributed by atoms with E-state index in [-0.39, 0.29) is 5.91 Å². The van der Waals surface area contributed by atoms with Crippen LogP contribution in [-0.2, 0) is 0 Å². The number of hydrogen-bond donors (Lipinski definition) is 2. The number of carbonyl (C=O) groups excluding carboxylic acids is 1. The van der Waals surface area contributed by atoms with Crippen molar-refractivity contribution in [2.24, 2.45) is 5.10 Å². The van der Waals surface area contributed by atoms with Gasteiger partial charge < -0.3 is 14.5 Å². The maximum absolute atomic E-state index is 11.9. The second kappa shape index (κ2) is 8.03. The molecule has 0 aliphatic carbocycles. The highest BCUT2D eigenvalue weighted by atomic mass is 16.5. The third kappa shape index (κ3) is 4.35. The number of carbonyl (C=O) groups is 1. The summed E-state index contributed by atoms with van der Waals surface area (Å²) in [6, 6.07) is 8.98. The molecule has 0 atom stereocenters. The number of aromatic amines is 1. The highest BCUT2D eigenvalue weighted by molar-refractivity contribution is 6.02. The molecule has 0 saturated heterocycles. The first kappa shape index (κ1) is 16.6. The molecule has 1 amide bonds. The van der Waals surface area contributed by atoms with Gasteiger partial charge in [-0.25, -0.2) is 5.43 Å². The molecule has 0 spiro atoms. The van der Waals surface area contributed by atoms with Crippen molar-refractivity contribution in [1.82, 2.24) is 10.4 Å². The van der Waals surface area contributed by atoms with E-state index in [1.54, 1.807) is 18.3 Å². The molecular formula is C17H21N3O3. The summed E-state index contributed by atoms with van der Waals surface area (Å²) in [6.45, 7) is 6.77. The van der Waals surface area contributed by atoms with Crippen molar-refractivity contribution in [3.05, 3.63) is 47.8 Å². The lowest BCUT2D eigenvalue weighted by molar-refractivity contribution is 0.0950. The Labute approximate surface area is 135 Å². The van der Waals surface area contributed by atoms with E-state index in [0.717, 1.165) is 11.3 Å². The zero-order valence-electron chi connectivity index (χ0n) is 13.6. The molecule has 6 heteroatoms. The summed E-state index contributed by atoms with van der Waals surface area (Å²) in [5.74, 6) is 1.13. The first-order chi connectivity index (χ1) is 11.2. The van der Waals surface area contributed by atoms with Crippen molar-refractivity contribution in [2.75, 3.05) is 13.2 Å². The molecule has 2 aromatic rings. The third-order valence-corrected chi connectivity index (χ3v) is 3.12. The van der Waals surface area contributed by atoms with Gasteiger partial charge in [0, 0.05) is 11.8 Å². The van der Waals surface area contributed by atoms with Crippen LogP contribution in [0.2, 0.25) is 0 Å². The quantitative estimate of drug-likeness (QED) is 0.609. The Bertz CT molecular complexity index is 678. The minimum atomic E-state index is -0.298. The van der Waals surface area contributed by atoms with Crippen LogP contribution in [0.25, 0.3) is 0 Å². The fraction of sp³-hybridized carbons (Fsp3) is 0.294. The number of hydrogen-bond acceptors (Lipinski definition) is 4. The molecule has 6 nitrogen and oxygen atoms in total. The largest absolute Gasteiger partial charge is 0.494 e. The Balaban J connectivity index is 2.21. The molecule has 23 heavy (non-hydrogen) atoms. The summed E-state index contributed by atoms with van der Waals surface area (Å²) >= 11 is 0. The maximum atomic E-state index is 11.9. The number of H-pyrrole nitrogens is 1. The fourth-order valence-electron chi connectivity index (χ4n) is 2.06. The van der Waals surface area contributed by atoms with Gasteiger partial charge in [0.05, 0.1) is 18.9 Å². The first-order valence-electron chi connectivity index (χ1n) is 7.53. The predicted molar refractivity (Wildman–Crippen MR) is 89.2 cm³/mol. The van der Waals surface area contributed by atoms with E-state index in [1.807, 2.05) is 39.0 Å². The molecule has 2 rings (SSSR count). The smallest absolute Gasteiger partial charge is 0.287 e. The van der Waals surface area contributed by atoms with Crippen LogP contribution in [0.1, 0.15) is 36.8 Å². The number of ether oxygens (including phenoxy) is 2. The lowest BCUT2D eigenvalue weighted by Gasteiger charge is -2.12. The zero-order valence-corrected chi connectivity index (χ0v) is 13.6. The Morgan fingerprint density at radius 2 is 2.00 bits per heavy atom. The zero-order chi connectivity index (χ0) is 16.7. The molecule has 1 aromatic heterocycles. The number of hydrazone groups is 1. The van der Waals surface area contributed by atoms with Gasteiger partial charge in [-0.1, -0.05) is 0 Å². The van der Waals surface area contributed by atoms with Crippen molar-refractivity contribution in [2.45, 2.75) is 20.8 Å². The summed E-state index contributed by atoms with van der Waals surface area (Å²) in [7, 11) is 0. The number of nitrogens with one attached hydrogen (secondary N) is 2. The second-order valence-corrected chi connectivity index (χ2v) is 4.75. The Morgan fingerprint density at radius 1 is 1.22 bits per heavy atom. The van der Waals surface area contributed by atoms with E-state index in [0.29, 0.717) is 30.4 Å². The number of rotatable bonds is 7. The molecule has 0 aliphatic rings. The maximum Gasteiger partial charge on any atom is 0.287 e. The highest BCUT2D eigenvalue weighted by Gasteiger charge is 2.10. The Kier molecular flexibility index (Phi) is 5.80. The molecule has 0 saturated carbocycles. The normalized spacial score (nSPS) is 11.2. The number of benzene rings is 1. The van der Waals surface area contributed by atoms with Crippen LogP contribution in [0.15, 0.2) is 41.6 Å². The summed E-state index contributed by atoms with van der Waals surface area (Å²) in [5.41, 5.74) is 4.40. The van der Waals surface area contributed by atoms with Crippen LogP contribution in [-0.4, -0.2) is 29.8 Å². The lowest BCUT2D eigenvalue weighted by atomic mass is 10.1. The van der Waals surface area contributed by atoms with E-state index in [4.69, 9.17) is 9.47 Å². The van der Waals surface area contributed by atoms with E-state index < -0.39 is 0 Å². The van der Waals surface area contributed by atoms with E-state index in [9.17, 15) is 4.79 Å². The van der Waals surface area contributed by atoms with Gasteiger partial charge in [0.2, 0.25) is 0 Å². The lowest BCUT2D eigenvalue weighted by Crippen LogP contribution is -2.19. The van der Waals surface area contributed by atoms with Crippen LogP contribution in [0, 0.1) is 0 Å². The SMILES string of the molecule is CCOc1ccc(OCC)c(/C(C)=N\NC(=O)c2ccc[nH]2)c1. The number of aromatic nitrogens is 1. The van der Waals surface area contributed by atoms with Crippen LogP contribution in [0.5, 0.6) is 11.5 Å². The molecule has 2 N–H and O–H groups in total. The van der Waals surface area contributed by atoms with Crippen molar-refractivity contribution in [1.29, 1.82) is 0 Å². The average molecular weight is 315 g/mol. The van der Waals surface area contributed by atoms with Crippen LogP contribution in [0.4, 0.5) is 0 Å². The van der Waals surface area contributed by atoms with Gasteiger partial charge in [-0.2, -0.15) is 5.10 Å². The molecular weight excluding hydrogens is 294 g/mol. The monoisotopic (exact) mass is 315 g/mol. The molecule has 0 fully saturated rings. The van der Waals surface area contributed by atoms with E-state index in [2.05, 4.69) is 15.5 Å². The molecule has 0 radical (unpaired) electrons.